The summed E-state index contributed by atoms with van der Waals surface area (Å²) in [6.45, 7) is 1.96. The Morgan fingerprint density at radius 1 is 1.11 bits per heavy atom. The lowest BCUT2D eigenvalue weighted by Crippen LogP contribution is -2.29. The summed E-state index contributed by atoms with van der Waals surface area (Å²) in [5, 5.41) is 16.7. The number of nitro groups is 1. The highest BCUT2D eigenvalue weighted by molar-refractivity contribution is 7.92. The van der Waals surface area contributed by atoms with Gasteiger partial charge in [-0.05, 0) is 24.6 Å². The molecule has 0 aliphatic carbocycles. The Hall–Kier alpha value is -3.14. The first-order chi connectivity index (χ1) is 13.2. The van der Waals surface area contributed by atoms with E-state index >= 15 is 0 Å². The van der Waals surface area contributed by atoms with Gasteiger partial charge in [-0.2, -0.15) is 0 Å². The van der Waals surface area contributed by atoms with Gasteiger partial charge < -0.3 is 10.6 Å². The van der Waals surface area contributed by atoms with Crippen molar-refractivity contribution in [2.24, 2.45) is 0 Å². The molecule has 9 nitrogen and oxygen atoms in total. The third-order valence-electron chi connectivity index (χ3n) is 3.87. The number of nitrogens with one attached hydrogen (secondary N) is 3. The molecule has 2 aromatic carbocycles. The summed E-state index contributed by atoms with van der Waals surface area (Å²) >= 11 is 0. The van der Waals surface area contributed by atoms with E-state index in [4.69, 9.17) is 0 Å². The van der Waals surface area contributed by atoms with Crippen LogP contribution in [0.5, 0.6) is 0 Å². The van der Waals surface area contributed by atoms with E-state index < -0.39 is 21.0 Å². The van der Waals surface area contributed by atoms with Crippen molar-refractivity contribution in [2.75, 3.05) is 22.8 Å². The average Bonchev–Trinajstić information content (AvgIpc) is 2.61. The molecular weight excluding hydrogens is 384 g/mol. The second kappa shape index (κ2) is 9.18. The van der Waals surface area contributed by atoms with E-state index in [1.807, 2.05) is 0 Å². The maximum Gasteiger partial charge on any atom is 0.292 e. The molecule has 3 N–H and O–H groups in total. The molecule has 1 unspecified atom stereocenters. The van der Waals surface area contributed by atoms with Gasteiger partial charge in [-0.1, -0.05) is 30.3 Å². The highest BCUT2D eigenvalue weighted by Crippen LogP contribution is 2.24. The first kappa shape index (κ1) is 21.2. The van der Waals surface area contributed by atoms with Crippen molar-refractivity contribution in [3.63, 3.8) is 0 Å². The first-order valence-corrected chi connectivity index (χ1v) is 10.4. The number of carbonyl (C=O) groups excluding carboxylic acids is 1. The highest BCUT2D eigenvalue weighted by atomic mass is 32.2. The summed E-state index contributed by atoms with van der Waals surface area (Å²) in [6, 6.07) is 12.6. The lowest BCUT2D eigenvalue weighted by atomic mass is 10.1. The van der Waals surface area contributed by atoms with E-state index in [2.05, 4.69) is 15.4 Å². The summed E-state index contributed by atoms with van der Waals surface area (Å²) in [7, 11) is -3.45. The predicted octanol–water partition coefficient (Wildman–Crippen LogP) is 2.65. The Balaban J connectivity index is 1.95. The minimum atomic E-state index is -3.45. The second-order valence-corrected chi connectivity index (χ2v) is 7.95. The van der Waals surface area contributed by atoms with E-state index in [1.54, 1.807) is 49.4 Å². The van der Waals surface area contributed by atoms with Crippen molar-refractivity contribution in [3.05, 3.63) is 64.2 Å². The van der Waals surface area contributed by atoms with Crippen molar-refractivity contribution in [1.29, 1.82) is 0 Å². The predicted molar refractivity (Wildman–Crippen MR) is 108 cm³/mol. The number of amides is 1. The fourth-order valence-electron chi connectivity index (χ4n) is 2.65. The van der Waals surface area contributed by atoms with Gasteiger partial charge in [0.2, 0.25) is 15.9 Å². The molecule has 0 spiro atoms. The number of hydrogen-bond acceptors (Lipinski definition) is 6. The zero-order chi connectivity index (χ0) is 20.7. The van der Waals surface area contributed by atoms with Crippen LogP contribution in [-0.4, -0.2) is 32.0 Å². The van der Waals surface area contributed by atoms with Crippen molar-refractivity contribution >= 4 is 33.0 Å². The quantitative estimate of drug-likeness (QED) is 0.433. The molecule has 0 aliphatic heterocycles. The minimum Gasteiger partial charge on any atom is -0.379 e. The summed E-state index contributed by atoms with van der Waals surface area (Å²) in [5.41, 5.74) is 1.32. The van der Waals surface area contributed by atoms with Gasteiger partial charge in [0.1, 0.15) is 5.69 Å². The smallest absolute Gasteiger partial charge is 0.292 e. The second-order valence-electron chi connectivity index (χ2n) is 6.20. The number of rotatable bonds is 9. The average molecular weight is 406 g/mol. The molecule has 10 heteroatoms. The van der Waals surface area contributed by atoms with Gasteiger partial charge in [-0.25, -0.2) is 8.42 Å². The van der Waals surface area contributed by atoms with Crippen LogP contribution < -0.4 is 15.4 Å². The van der Waals surface area contributed by atoms with Crippen molar-refractivity contribution < 1.29 is 18.1 Å². The molecule has 0 saturated heterocycles. The third-order valence-corrected chi connectivity index (χ3v) is 4.46. The number of anilines is 2. The van der Waals surface area contributed by atoms with Crippen LogP contribution in [0.15, 0.2) is 48.5 Å². The normalized spacial score (nSPS) is 12.1. The van der Waals surface area contributed by atoms with Crippen molar-refractivity contribution in [2.45, 2.75) is 19.4 Å². The molecule has 1 atom stereocenters. The molecule has 150 valence electrons. The van der Waals surface area contributed by atoms with E-state index in [0.717, 1.165) is 6.26 Å². The number of nitro benzene ring substituents is 1. The molecule has 1 amide bonds. The molecule has 0 fully saturated rings. The maximum absolute atomic E-state index is 12.2. The van der Waals surface area contributed by atoms with Gasteiger partial charge in [-0.3, -0.25) is 19.6 Å². The molecule has 0 bridgehead atoms. The Kier molecular flexibility index (Phi) is 6.94. The van der Waals surface area contributed by atoms with E-state index in [9.17, 15) is 23.3 Å². The number of carbonyl (C=O) groups is 1. The highest BCUT2D eigenvalue weighted by Gasteiger charge is 2.16. The van der Waals surface area contributed by atoms with Crippen LogP contribution in [0.2, 0.25) is 0 Å². The van der Waals surface area contributed by atoms with Gasteiger partial charge >= 0.3 is 0 Å². The zero-order valence-corrected chi connectivity index (χ0v) is 16.3. The van der Waals surface area contributed by atoms with Gasteiger partial charge in [0.05, 0.1) is 22.9 Å². The minimum absolute atomic E-state index is 0.0583. The van der Waals surface area contributed by atoms with Gasteiger partial charge in [0.15, 0.2) is 0 Å². The van der Waals surface area contributed by atoms with Crippen LogP contribution in [0.3, 0.4) is 0 Å². The fraction of sp³-hybridized carbons (Fsp3) is 0.278. The topological polar surface area (TPSA) is 130 Å². The third kappa shape index (κ3) is 6.23. The number of sulfonamides is 1. The number of nitrogens with zero attached hydrogens (tertiary/aromatic N) is 1. The molecular formula is C18H22N4O5S. The Morgan fingerprint density at radius 3 is 2.36 bits per heavy atom. The molecule has 2 rings (SSSR count). The summed E-state index contributed by atoms with van der Waals surface area (Å²) < 4.78 is 25.4. The standard InChI is InChI=1S/C18H22N4O5S/c1-13(14-7-3-4-8-15(14)21-28(2,26)27)20-18(23)11-12-19-16-9-5-6-10-17(16)22(24)25/h3-10,13,19,21H,11-12H2,1-2H3,(H,20,23). The fourth-order valence-corrected chi connectivity index (χ4v) is 3.24. The maximum atomic E-state index is 12.2. The van der Waals surface area contributed by atoms with Crippen LogP contribution in [0.25, 0.3) is 0 Å². The Morgan fingerprint density at radius 2 is 1.71 bits per heavy atom. The molecule has 0 heterocycles. The van der Waals surface area contributed by atoms with Crippen LogP contribution in [0.1, 0.15) is 24.9 Å². The van der Waals surface area contributed by atoms with Crippen LogP contribution in [-0.2, 0) is 14.8 Å². The van der Waals surface area contributed by atoms with Crippen LogP contribution in [0.4, 0.5) is 17.1 Å². The Bertz CT molecular complexity index is 962. The van der Waals surface area contributed by atoms with Gasteiger partial charge in [0, 0.05) is 19.0 Å². The monoisotopic (exact) mass is 406 g/mol. The van der Waals surface area contributed by atoms with E-state index in [1.165, 1.54) is 6.07 Å². The SMILES string of the molecule is CC(NC(=O)CCNc1ccccc1[N+](=O)[O-])c1ccccc1NS(C)(=O)=O. The molecule has 28 heavy (non-hydrogen) atoms. The zero-order valence-electron chi connectivity index (χ0n) is 15.5. The number of benzene rings is 2. The molecule has 0 saturated carbocycles. The first-order valence-electron chi connectivity index (χ1n) is 8.51. The van der Waals surface area contributed by atoms with Crippen LogP contribution >= 0.6 is 0 Å². The largest absolute Gasteiger partial charge is 0.379 e. The van der Waals surface area contributed by atoms with Crippen LogP contribution in [0, 0.1) is 10.1 Å². The molecule has 2 aromatic rings. The number of hydrogen-bond donors (Lipinski definition) is 3. The lowest BCUT2D eigenvalue weighted by Gasteiger charge is -2.18. The molecule has 0 aliphatic rings. The molecule has 0 aromatic heterocycles. The summed E-state index contributed by atoms with van der Waals surface area (Å²) in [5.74, 6) is -0.271. The number of para-hydroxylation sites is 3. The summed E-state index contributed by atoms with van der Waals surface area (Å²) in [4.78, 5) is 22.7. The molecule has 0 radical (unpaired) electrons. The van der Waals surface area contributed by atoms with Crippen molar-refractivity contribution in [1.82, 2.24) is 5.32 Å². The van der Waals surface area contributed by atoms with E-state index in [-0.39, 0.29) is 24.6 Å². The summed E-state index contributed by atoms with van der Waals surface area (Å²) in [6.07, 6.45) is 1.15. The van der Waals surface area contributed by atoms with Gasteiger partial charge in [-0.15, -0.1) is 0 Å². The van der Waals surface area contributed by atoms with Crippen molar-refractivity contribution in [3.8, 4) is 0 Å². The van der Waals surface area contributed by atoms with Gasteiger partial charge in [0.25, 0.3) is 5.69 Å². The van der Waals surface area contributed by atoms with E-state index in [0.29, 0.717) is 16.9 Å². The lowest BCUT2D eigenvalue weighted by molar-refractivity contribution is -0.384. The Labute approximate surface area is 163 Å².